The molecule has 3 nitrogen and oxygen atoms in total. The van der Waals surface area contributed by atoms with Crippen LogP contribution in [-0.2, 0) is 9.57 Å². The second kappa shape index (κ2) is 8.53. The van der Waals surface area contributed by atoms with Crippen molar-refractivity contribution in [2.24, 2.45) is 5.16 Å². The smallest absolute Gasteiger partial charge is 0.226 e. The summed E-state index contributed by atoms with van der Waals surface area (Å²) in [6, 6.07) is 0. The zero-order valence-corrected chi connectivity index (χ0v) is 8.25. The lowest BCUT2D eigenvalue weighted by Gasteiger charge is -2.19. The second-order valence-corrected chi connectivity index (χ2v) is 2.27. The standard InChI is InChI=1S/C7H13NO2.C2H6/c1-2-8-10-7-5-3-4-6-9-7;1-2/h2,7H,3-6H2,1H3;1-2H3/b8-2+;. The summed E-state index contributed by atoms with van der Waals surface area (Å²) in [5.41, 5.74) is 0. The molecule has 72 valence electrons. The molecule has 1 atom stereocenters. The van der Waals surface area contributed by atoms with Gasteiger partial charge in [0, 0.05) is 12.6 Å². The van der Waals surface area contributed by atoms with Gasteiger partial charge in [0.05, 0.1) is 6.61 Å². The van der Waals surface area contributed by atoms with Crippen LogP contribution in [-0.4, -0.2) is 19.1 Å². The minimum atomic E-state index is -0.0926. The summed E-state index contributed by atoms with van der Waals surface area (Å²) in [5.74, 6) is 0. The minimum Gasteiger partial charge on any atom is -0.364 e. The van der Waals surface area contributed by atoms with E-state index in [0.717, 1.165) is 19.4 Å². The SMILES string of the molecule is C/C=N/OC1CCCCO1.CC. The third kappa shape index (κ3) is 5.13. The summed E-state index contributed by atoms with van der Waals surface area (Å²) in [6.45, 7) is 6.63. The minimum absolute atomic E-state index is 0.0926. The molecule has 0 amide bonds. The Morgan fingerprint density at radius 2 is 2.17 bits per heavy atom. The number of hydrogen-bond acceptors (Lipinski definition) is 3. The third-order valence-corrected chi connectivity index (χ3v) is 1.42. The first-order chi connectivity index (χ1) is 5.93. The van der Waals surface area contributed by atoms with Crippen molar-refractivity contribution in [2.75, 3.05) is 6.61 Å². The van der Waals surface area contributed by atoms with Crippen LogP contribution in [0.1, 0.15) is 40.0 Å². The number of nitrogens with zero attached hydrogens (tertiary/aromatic N) is 1. The third-order valence-electron chi connectivity index (χ3n) is 1.42. The van der Waals surface area contributed by atoms with Gasteiger partial charge in [-0.1, -0.05) is 19.0 Å². The van der Waals surface area contributed by atoms with E-state index >= 15 is 0 Å². The van der Waals surface area contributed by atoms with Crippen molar-refractivity contribution >= 4 is 6.21 Å². The quantitative estimate of drug-likeness (QED) is 0.474. The van der Waals surface area contributed by atoms with Crippen LogP contribution in [0.25, 0.3) is 0 Å². The van der Waals surface area contributed by atoms with Gasteiger partial charge in [-0.05, 0) is 19.8 Å². The van der Waals surface area contributed by atoms with E-state index in [2.05, 4.69) is 5.16 Å². The van der Waals surface area contributed by atoms with Gasteiger partial charge in [0.25, 0.3) is 0 Å². The summed E-state index contributed by atoms with van der Waals surface area (Å²) < 4.78 is 5.24. The van der Waals surface area contributed by atoms with E-state index < -0.39 is 0 Å². The average molecular weight is 173 g/mol. The van der Waals surface area contributed by atoms with E-state index in [1.807, 2.05) is 20.8 Å². The Bertz CT molecular complexity index is 109. The molecule has 3 heteroatoms. The highest BCUT2D eigenvalue weighted by atomic mass is 16.8. The highest BCUT2D eigenvalue weighted by Crippen LogP contribution is 2.13. The molecule has 0 aromatic carbocycles. The predicted molar refractivity (Wildman–Crippen MR) is 50.2 cm³/mol. The normalized spacial score (nSPS) is 23.1. The number of oxime groups is 1. The van der Waals surface area contributed by atoms with E-state index in [0.29, 0.717) is 0 Å². The van der Waals surface area contributed by atoms with Crippen molar-refractivity contribution < 1.29 is 9.57 Å². The van der Waals surface area contributed by atoms with E-state index in [1.165, 1.54) is 6.42 Å². The van der Waals surface area contributed by atoms with Gasteiger partial charge in [0.2, 0.25) is 6.29 Å². The van der Waals surface area contributed by atoms with Gasteiger partial charge >= 0.3 is 0 Å². The summed E-state index contributed by atoms with van der Waals surface area (Å²) in [4.78, 5) is 4.98. The van der Waals surface area contributed by atoms with E-state index in [1.54, 1.807) is 6.21 Å². The van der Waals surface area contributed by atoms with Gasteiger partial charge in [-0.2, -0.15) is 0 Å². The molecule has 0 bridgehead atoms. The molecule has 0 aliphatic carbocycles. The first-order valence-electron chi connectivity index (χ1n) is 4.69. The molecule has 1 aliphatic heterocycles. The molecule has 1 saturated heterocycles. The molecule has 0 saturated carbocycles. The van der Waals surface area contributed by atoms with Crippen LogP contribution < -0.4 is 0 Å². The number of ether oxygens (including phenoxy) is 1. The fraction of sp³-hybridized carbons (Fsp3) is 0.889. The Balaban J connectivity index is 0.000000561. The van der Waals surface area contributed by atoms with Crippen molar-refractivity contribution in [1.29, 1.82) is 0 Å². The zero-order valence-electron chi connectivity index (χ0n) is 8.25. The largest absolute Gasteiger partial charge is 0.364 e. The predicted octanol–water partition coefficient (Wildman–Crippen LogP) is 2.56. The maximum Gasteiger partial charge on any atom is 0.226 e. The van der Waals surface area contributed by atoms with Crippen molar-refractivity contribution in [3.8, 4) is 0 Å². The van der Waals surface area contributed by atoms with Crippen LogP contribution in [0.4, 0.5) is 0 Å². The van der Waals surface area contributed by atoms with Crippen molar-refractivity contribution in [3.05, 3.63) is 0 Å². The molecule has 12 heavy (non-hydrogen) atoms. The Labute approximate surface area is 74.7 Å². The highest BCUT2D eigenvalue weighted by Gasteiger charge is 2.13. The van der Waals surface area contributed by atoms with Gasteiger partial charge in [-0.25, -0.2) is 0 Å². The van der Waals surface area contributed by atoms with Crippen molar-refractivity contribution in [3.63, 3.8) is 0 Å². The van der Waals surface area contributed by atoms with E-state index in [4.69, 9.17) is 9.57 Å². The Morgan fingerprint density at radius 3 is 2.67 bits per heavy atom. The molecule has 0 radical (unpaired) electrons. The molecule has 1 fully saturated rings. The van der Waals surface area contributed by atoms with Gasteiger partial charge in [0.1, 0.15) is 0 Å². The lowest BCUT2D eigenvalue weighted by Crippen LogP contribution is -2.20. The summed E-state index contributed by atoms with van der Waals surface area (Å²) in [6.07, 6.45) is 4.83. The van der Waals surface area contributed by atoms with Crippen LogP contribution in [0.5, 0.6) is 0 Å². The van der Waals surface area contributed by atoms with Crippen molar-refractivity contribution in [1.82, 2.24) is 0 Å². The van der Waals surface area contributed by atoms with Gasteiger partial charge in [0.15, 0.2) is 0 Å². The van der Waals surface area contributed by atoms with Crippen LogP contribution in [0, 0.1) is 0 Å². The lowest BCUT2D eigenvalue weighted by molar-refractivity contribution is -0.161. The van der Waals surface area contributed by atoms with Crippen LogP contribution in [0.3, 0.4) is 0 Å². The summed E-state index contributed by atoms with van der Waals surface area (Å²) in [5, 5.41) is 3.65. The Kier molecular flexibility index (Phi) is 8.12. The maximum atomic E-state index is 5.24. The monoisotopic (exact) mass is 173 g/mol. The Morgan fingerprint density at radius 1 is 1.42 bits per heavy atom. The molecule has 0 aromatic rings. The van der Waals surface area contributed by atoms with Crippen LogP contribution in [0.15, 0.2) is 5.16 Å². The molecule has 1 rings (SSSR count). The fourth-order valence-corrected chi connectivity index (χ4v) is 0.923. The zero-order chi connectivity index (χ0) is 9.23. The lowest BCUT2D eigenvalue weighted by atomic mass is 10.2. The van der Waals surface area contributed by atoms with E-state index in [9.17, 15) is 0 Å². The molecule has 1 unspecified atom stereocenters. The second-order valence-electron chi connectivity index (χ2n) is 2.27. The maximum absolute atomic E-state index is 5.24. The molecule has 0 spiro atoms. The first-order valence-corrected chi connectivity index (χ1v) is 4.69. The first kappa shape index (κ1) is 11.4. The Hall–Kier alpha value is -0.570. The number of hydrogen-bond donors (Lipinski definition) is 0. The molecule has 1 heterocycles. The van der Waals surface area contributed by atoms with Crippen LogP contribution in [0.2, 0.25) is 0 Å². The summed E-state index contributed by atoms with van der Waals surface area (Å²) >= 11 is 0. The van der Waals surface area contributed by atoms with Crippen LogP contribution >= 0.6 is 0 Å². The topological polar surface area (TPSA) is 30.8 Å². The highest BCUT2D eigenvalue weighted by molar-refractivity contribution is 5.52. The number of rotatable bonds is 2. The van der Waals surface area contributed by atoms with Crippen molar-refractivity contribution in [2.45, 2.75) is 46.3 Å². The molecular weight excluding hydrogens is 154 g/mol. The molecule has 0 N–H and O–H groups in total. The molecule has 1 aliphatic rings. The summed E-state index contributed by atoms with van der Waals surface area (Å²) in [7, 11) is 0. The van der Waals surface area contributed by atoms with Gasteiger partial charge in [-0.15, -0.1) is 0 Å². The van der Waals surface area contributed by atoms with Gasteiger partial charge < -0.3 is 9.57 Å². The fourth-order valence-electron chi connectivity index (χ4n) is 0.923. The average Bonchev–Trinajstić information content (AvgIpc) is 2.19. The molecular formula is C9H19NO2. The van der Waals surface area contributed by atoms with E-state index in [-0.39, 0.29) is 6.29 Å². The van der Waals surface area contributed by atoms with Gasteiger partial charge in [-0.3, -0.25) is 0 Å². The molecule has 0 aromatic heterocycles.